The van der Waals surface area contributed by atoms with Crippen LogP contribution in [-0.2, 0) is 11.3 Å². The standard InChI is InChI=1S/C11H12ClNOS/c12-9-4-1-7(5-10(9)15)6-13-11(14)8-2-3-8/h1,4-5,8,15H,2-3,6H2,(H,13,14). The van der Waals surface area contributed by atoms with Crippen molar-refractivity contribution in [2.45, 2.75) is 24.3 Å². The van der Waals surface area contributed by atoms with Crippen LogP contribution in [0.5, 0.6) is 0 Å². The van der Waals surface area contributed by atoms with Crippen LogP contribution in [0.25, 0.3) is 0 Å². The molecule has 1 aliphatic carbocycles. The summed E-state index contributed by atoms with van der Waals surface area (Å²) in [6, 6.07) is 5.57. The lowest BCUT2D eigenvalue weighted by molar-refractivity contribution is -0.122. The largest absolute Gasteiger partial charge is 0.352 e. The first-order chi connectivity index (χ1) is 7.16. The molecule has 0 saturated heterocycles. The second kappa shape index (κ2) is 4.45. The van der Waals surface area contributed by atoms with Gasteiger partial charge in [-0.2, -0.15) is 0 Å². The number of rotatable bonds is 3. The lowest BCUT2D eigenvalue weighted by Crippen LogP contribution is -2.24. The fourth-order valence-electron chi connectivity index (χ4n) is 1.35. The molecule has 1 saturated carbocycles. The maximum atomic E-state index is 11.4. The van der Waals surface area contributed by atoms with Crippen LogP contribution in [0, 0.1) is 5.92 Å². The first-order valence-electron chi connectivity index (χ1n) is 4.92. The Morgan fingerprint density at radius 3 is 2.87 bits per heavy atom. The summed E-state index contributed by atoms with van der Waals surface area (Å²) in [7, 11) is 0. The molecule has 0 radical (unpaired) electrons. The Morgan fingerprint density at radius 1 is 1.53 bits per heavy atom. The second-order valence-electron chi connectivity index (χ2n) is 3.78. The van der Waals surface area contributed by atoms with Crippen molar-refractivity contribution in [1.29, 1.82) is 0 Å². The third kappa shape index (κ3) is 2.89. The average Bonchev–Trinajstić information content (AvgIpc) is 3.03. The Labute approximate surface area is 99.4 Å². The summed E-state index contributed by atoms with van der Waals surface area (Å²) in [5.74, 6) is 0.415. The van der Waals surface area contributed by atoms with E-state index < -0.39 is 0 Å². The summed E-state index contributed by atoms with van der Waals surface area (Å²) in [6.45, 7) is 0.556. The minimum atomic E-state index is 0.158. The minimum Gasteiger partial charge on any atom is -0.352 e. The van der Waals surface area contributed by atoms with Gasteiger partial charge in [0.1, 0.15) is 0 Å². The lowest BCUT2D eigenvalue weighted by atomic mass is 10.2. The van der Waals surface area contributed by atoms with Crippen molar-refractivity contribution in [3.05, 3.63) is 28.8 Å². The molecule has 0 unspecified atom stereocenters. The number of nitrogens with one attached hydrogen (secondary N) is 1. The zero-order chi connectivity index (χ0) is 10.8. The molecule has 0 spiro atoms. The molecular formula is C11H12ClNOS. The molecule has 80 valence electrons. The summed E-state index contributed by atoms with van der Waals surface area (Å²) < 4.78 is 0. The van der Waals surface area contributed by atoms with Crippen LogP contribution in [0.3, 0.4) is 0 Å². The smallest absolute Gasteiger partial charge is 0.223 e. The molecule has 1 aromatic rings. The van der Waals surface area contributed by atoms with Gasteiger partial charge in [0.25, 0.3) is 0 Å². The number of thiol groups is 1. The summed E-state index contributed by atoms with van der Waals surface area (Å²) in [5.41, 5.74) is 1.03. The van der Waals surface area contributed by atoms with Gasteiger partial charge in [-0.15, -0.1) is 12.6 Å². The van der Waals surface area contributed by atoms with E-state index in [0.29, 0.717) is 11.6 Å². The molecule has 1 amide bonds. The number of halogens is 1. The Morgan fingerprint density at radius 2 is 2.27 bits per heavy atom. The van der Waals surface area contributed by atoms with Gasteiger partial charge >= 0.3 is 0 Å². The Balaban J connectivity index is 1.92. The van der Waals surface area contributed by atoms with Crippen molar-refractivity contribution in [2.24, 2.45) is 5.92 Å². The van der Waals surface area contributed by atoms with Gasteiger partial charge in [0, 0.05) is 17.4 Å². The molecule has 1 N–H and O–H groups in total. The molecule has 1 aliphatic rings. The van der Waals surface area contributed by atoms with Crippen LogP contribution in [0.15, 0.2) is 23.1 Å². The van der Waals surface area contributed by atoms with E-state index in [1.165, 1.54) is 0 Å². The highest BCUT2D eigenvalue weighted by Gasteiger charge is 2.29. The minimum absolute atomic E-state index is 0.158. The van der Waals surface area contributed by atoms with Crippen molar-refractivity contribution in [1.82, 2.24) is 5.32 Å². The molecule has 0 aliphatic heterocycles. The number of carbonyl (C=O) groups excluding carboxylic acids is 1. The van der Waals surface area contributed by atoms with Gasteiger partial charge in [-0.25, -0.2) is 0 Å². The molecule has 0 atom stereocenters. The van der Waals surface area contributed by atoms with Gasteiger partial charge in [0.05, 0.1) is 5.02 Å². The summed E-state index contributed by atoms with van der Waals surface area (Å²) >= 11 is 10.1. The van der Waals surface area contributed by atoms with Crippen LogP contribution in [0.1, 0.15) is 18.4 Å². The van der Waals surface area contributed by atoms with Crippen LogP contribution in [0.2, 0.25) is 5.02 Å². The van der Waals surface area contributed by atoms with Gasteiger partial charge < -0.3 is 5.32 Å². The molecule has 1 aromatic carbocycles. The van der Waals surface area contributed by atoms with E-state index in [0.717, 1.165) is 23.3 Å². The summed E-state index contributed by atoms with van der Waals surface area (Å²) in [5, 5.41) is 3.53. The number of carbonyl (C=O) groups is 1. The topological polar surface area (TPSA) is 29.1 Å². The van der Waals surface area contributed by atoms with Gasteiger partial charge in [-0.05, 0) is 30.5 Å². The van der Waals surface area contributed by atoms with Crippen molar-refractivity contribution in [2.75, 3.05) is 0 Å². The normalized spacial score (nSPS) is 15.1. The fraction of sp³-hybridized carbons (Fsp3) is 0.364. The van der Waals surface area contributed by atoms with E-state index in [9.17, 15) is 4.79 Å². The van der Waals surface area contributed by atoms with E-state index >= 15 is 0 Å². The van der Waals surface area contributed by atoms with Gasteiger partial charge in [-0.1, -0.05) is 17.7 Å². The first-order valence-corrected chi connectivity index (χ1v) is 5.74. The third-order valence-corrected chi connectivity index (χ3v) is 3.26. The average molecular weight is 242 g/mol. The van der Waals surface area contributed by atoms with Crippen molar-refractivity contribution in [3.63, 3.8) is 0 Å². The maximum Gasteiger partial charge on any atom is 0.223 e. The van der Waals surface area contributed by atoms with Gasteiger partial charge in [-0.3, -0.25) is 4.79 Å². The van der Waals surface area contributed by atoms with Crippen molar-refractivity contribution >= 4 is 30.1 Å². The molecule has 0 bridgehead atoms. The molecule has 4 heteroatoms. The highest BCUT2D eigenvalue weighted by atomic mass is 35.5. The van der Waals surface area contributed by atoms with Crippen molar-refractivity contribution in [3.8, 4) is 0 Å². The quantitative estimate of drug-likeness (QED) is 0.783. The summed E-state index contributed by atoms with van der Waals surface area (Å²) in [6.07, 6.45) is 2.06. The number of hydrogen-bond acceptors (Lipinski definition) is 2. The van der Waals surface area contributed by atoms with E-state index in [-0.39, 0.29) is 11.8 Å². The molecule has 0 aromatic heterocycles. The zero-order valence-electron chi connectivity index (χ0n) is 8.16. The molecule has 2 nitrogen and oxygen atoms in total. The zero-order valence-corrected chi connectivity index (χ0v) is 9.81. The summed E-state index contributed by atoms with van der Waals surface area (Å²) in [4.78, 5) is 12.1. The predicted molar refractivity (Wildman–Crippen MR) is 63.3 cm³/mol. The SMILES string of the molecule is O=C(NCc1ccc(Cl)c(S)c1)C1CC1. The molecule has 0 heterocycles. The second-order valence-corrected chi connectivity index (χ2v) is 4.67. The number of benzene rings is 1. The molecule has 15 heavy (non-hydrogen) atoms. The van der Waals surface area contributed by atoms with Crippen LogP contribution in [-0.4, -0.2) is 5.91 Å². The van der Waals surface area contributed by atoms with E-state index in [1.807, 2.05) is 12.1 Å². The number of hydrogen-bond donors (Lipinski definition) is 2. The highest BCUT2D eigenvalue weighted by Crippen LogP contribution is 2.29. The number of amides is 1. The van der Waals surface area contributed by atoms with E-state index in [2.05, 4.69) is 17.9 Å². The molecular weight excluding hydrogens is 230 g/mol. The Kier molecular flexibility index (Phi) is 3.22. The third-order valence-electron chi connectivity index (χ3n) is 2.43. The van der Waals surface area contributed by atoms with Crippen LogP contribution < -0.4 is 5.32 Å². The van der Waals surface area contributed by atoms with Gasteiger partial charge in [0.15, 0.2) is 0 Å². The van der Waals surface area contributed by atoms with Gasteiger partial charge in [0.2, 0.25) is 5.91 Å². The van der Waals surface area contributed by atoms with Crippen molar-refractivity contribution < 1.29 is 4.79 Å². The Bertz CT molecular complexity index is 390. The molecule has 2 rings (SSSR count). The maximum absolute atomic E-state index is 11.4. The molecule has 1 fully saturated rings. The monoisotopic (exact) mass is 241 g/mol. The lowest BCUT2D eigenvalue weighted by Gasteiger charge is -2.05. The predicted octanol–water partition coefficient (Wildman–Crippen LogP) is 2.65. The van der Waals surface area contributed by atoms with E-state index in [4.69, 9.17) is 11.6 Å². The first kappa shape index (κ1) is 10.8. The van der Waals surface area contributed by atoms with E-state index in [1.54, 1.807) is 6.07 Å². The fourth-order valence-corrected chi connectivity index (χ4v) is 1.71. The van der Waals surface area contributed by atoms with Crippen LogP contribution in [0.4, 0.5) is 0 Å². The van der Waals surface area contributed by atoms with Crippen LogP contribution >= 0.6 is 24.2 Å². The Hall–Kier alpha value is -0.670. The highest BCUT2D eigenvalue weighted by molar-refractivity contribution is 7.80.